The molecule has 0 radical (unpaired) electrons. The first kappa shape index (κ1) is 31.0. The molecule has 0 saturated carbocycles. The van der Waals surface area contributed by atoms with Crippen molar-refractivity contribution in [2.45, 2.75) is 6.92 Å². The molecule has 0 aliphatic heterocycles. The van der Waals surface area contributed by atoms with E-state index >= 15 is 0 Å². The minimum Gasteiger partial charge on any atom is -0.208 e. The predicted molar refractivity (Wildman–Crippen MR) is 220 cm³/mol. The van der Waals surface area contributed by atoms with E-state index in [1.807, 2.05) is 19.1 Å². The van der Waals surface area contributed by atoms with Crippen molar-refractivity contribution in [1.82, 2.24) is 15.0 Å². The molecule has 51 heavy (non-hydrogen) atoms. The molecule has 0 bridgehead atoms. The van der Waals surface area contributed by atoms with Gasteiger partial charge in [-0.25, -0.2) is 15.0 Å². The fraction of sp³-hybridized carbons (Fsp3) is 0.0217. The number of aromatic nitrogens is 3. The molecule has 6 aromatic carbocycles. The van der Waals surface area contributed by atoms with Crippen LogP contribution in [0.4, 0.5) is 0 Å². The molecule has 242 valence electrons. The highest BCUT2D eigenvalue weighted by atomic mass is 32.1. The van der Waals surface area contributed by atoms with Crippen molar-refractivity contribution in [3.63, 3.8) is 0 Å². The van der Waals surface area contributed by atoms with Gasteiger partial charge in [-0.15, -0.1) is 22.7 Å². The van der Waals surface area contributed by atoms with Gasteiger partial charge in [-0.2, -0.15) is 0 Å². The Bertz CT molecular complexity index is 2770. The van der Waals surface area contributed by atoms with Crippen LogP contribution in [-0.4, -0.2) is 15.0 Å². The van der Waals surface area contributed by atoms with E-state index in [0.29, 0.717) is 17.5 Å². The lowest BCUT2D eigenvalue weighted by Gasteiger charge is -2.11. The van der Waals surface area contributed by atoms with Crippen LogP contribution in [0.15, 0.2) is 152 Å². The highest BCUT2D eigenvalue weighted by molar-refractivity contribution is 7.25. The van der Waals surface area contributed by atoms with E-state index in [4.69, 9.17) is 15.0 Å². The Kier molecular flexibility index (Phi) is 7.92. The molecule has 0 fully saturated rings. The van der Waals surface area contributed by atoms with Crippen molar-refractivity contribution in [3.8, 4) is 56.4 Å². The van der Waals surface area contributed by atoms with E-state index < -0.39 is 0 Å². The number of hydrogen-bond donors (Lipinski definition) is 0. The molecule has 0 aliphatic rings. The van der Waals surface area contributed by atoms with Crippen LogP contribution in [0, 0.1) is 0 Å². The summed E-state index contributed by atoms with van der Waals surface area (Å²) < 4.78 is 3.66. The Hall–Kier alpha value is -6.01. The molecule has 5 heteroatoms. The molecule has 0 saturated heterocycles. The van der Waals surface area contributed by atoms with E-state index in [-0.39, 0.29) is 0 Å². The quantitative estimate of drug-likeness (QED) is 0.167. The van der Waals surface area contributed by atoms with Crippen LogP contribution in [0.3, 0.4) is 0 Å². The van der Waals surface area contributed by atoms with Gasteiger partial charge >= 0.3 is 0 Å². The maximum absolute atomic E-state index is 5.20. The van der Waals surface area contributed by atoms with Crippen LogP contribution in [0.1, 0.15) is 17.4 Å². The van der Waals surface area contributed by atoms with Crippen LogP contribution in [0.25, 0.3) is 98.8 Å². The molecule has 0 unspecified atom stereocenters. The molecule has 9 aromatic rings. The Labute approximate surface area is 304 Å². The number of fused-ring (bicyclic) bond motifs is 4. The van der Waals surface area contributed by atoms with Crippen molar-refractivity contribution in [2.24, 2.45) is 0 Å². The molecular weight excluding hydrogens is 659 g/mol. The van der Waals surface area contributed by atoms with Gasteiger partial charge in [-0.05, 0) is 59.5 Å². The number of allylic oxidation sites excluding steroid dienone is 1. The average Bonchev–Trinajstić information content (AvgIpc) is 3.75. The smallest absolute Gasteiger partial charge is 0.164 e. The summed E-state index contributed by atoms with van der Waals surface area (Å²) in [5.74, 6) is 1.92. The predicted octanol–water partition coefficient (Wildman–Crippen LogP) is 13.5. The molecule has 0 spiro atoms. The maximum atomic E-state index is 5.20. The molecule has 0 aliphatic carbocycles. The zero-order valence-corrected chi connectivity index (χ0v) is 29.5. The first-order valence-electron chi connectivity index (χ1n) is 16.9. The van der Waals surface area contributed by atoms with Crippen molar-refractivity contribution in [1.29, 1.82) is 0 Å². The number of nitrogens with zero attached hydrogens (tertiary/aromatic N) is 3. The van der Waals surface area contributed by atoms with E-state index in [2.05, 4.69) is 152 Å². The lowest BCUT2D eigenvalue weighted by molar-refractivity contribution is 1.08. The van der Waals surface area contributed by atoms with E-state index in [1.54, 1.807) is 22.7 Å². The number of rotatable bonds is 7. The number of hydrogen-bond acceptors (Lipinski definition) is 5. The molecular formula is C46H31N3S2. The monoisotopic (exact) mass is 689 g/mol. The van der Waals surface area contributed by atoms with Gasteiger partial charge in [0.15, 0.2) is 17.5 Å². The van der Waals surface area contributed by atoms with Crippen LogP contribution < -0.4 is 0 Å². The fourth-order valence-electron chi connectivity index (χ4n) is 6.80. The third-order valence-corrected chi connectivity index (χ3v) is 11.5. The molecule has 0 N–H and O–H groups in total. The van der Waals surface area contributed by atoms with Crippen molar-refractivity contribution >= 4 is 65.1 Å². The highest BCUT2D eigenvalue weighted by Crippen LogP contribution is 2.40. The highest BCUT2D eigenvalue weighted by Gasteiger charge is 2.19. The normalized spacial score (nSPS) is 11.6. The Balaban J connectivity index is 1.21. The van der Waals surface area contributed by atoms with Crippen LogP contribution in [-0.2, 0) is 0 Å². The Morgan fingerprint density at radius 2 is 1.08 bits per heavy atom. The molecule has 0 atom stereocenters. The lowest BCUT2D eigenvalue weighted by Crippen LogP contribution is -2.00. The minimum atomic E-state index is 0.634. The van der Waals surface area contributed by atoms with Crippen LogP contribution in [0.5, 0.6) is 0 Å². The number of thiophene rings is 2. The van der Waals surface area contributed by atoms with Gasteiger partial charge in [0.05, 0.1) is 0 Å². The standard InChI is InChI=1S/C46H31N3S2/c1-3-12-39-35(4-2)43-38(18-11-20-41(43)50-39)46-48-44(47-45(49-46)34-25-26-37-36-17-8-9-19-40(36)51-42(37)28-34)33-16-10-15-32(27-33)31-23-21-30(22-24-31)29-13-6-5-7-14-29/h3-28H,2H2,1H3/b12-3-. The van der Waals surface area contributed by atoms with Gasteiger partial charge in [0.25, 0.3) is 0 Å². The lowest BCUT2D eigenvalue weighted by atomic mass is 9.99. The molecule has 3 aromatic heterocycles. The fourth-order valence-corrected chi connectivity index (χ4v) is 9.15. The van der Waals surface area contributed by atoms with E-state index in [0.717, 1.165) is 38.8 Å². The summed E-state index contributed by atoms with van der Waals surface area (Å²) in [4.78, 5) is 16.7. The van der Waals surface area contributed by atoms with Crippen LogP contribution >= 0.6 is 22.7 Å². The van der Waals surface area contributed by atoms with E-state index in [1.165, 1.54) is 40.9 Å². The van der Waals surface area contributed by atoms with Gasteiger partial charge in [0.1, 0.15) is 0 Å². The van der Waals surface area contributed by atoms with Gasteiger partial charge in [0.2, 0.25) is 0 Å². The summed E-state index contributed by atoms with van der Waals surface area (Å²) in [6, 6.07) is 49.2. The Morgan fingerprint density at radius 3 is 1.86 bits per heavy atom. The van der Waals surface area contributed by atoms with Crippen molar-refractivity contribution < 1.29 is 0 Å². The summed E-state index contributed by atoms with van der Waals surface area (Å²) in [6.07, 6.45) is 6.17. The summed E-state index contributed by atoms with van der Waals surface area (Å²) in [7, 11) is 0. The van der Waals surface area contributed by atoms with Gasteiger partial charge in [-0.3, -0.25) is 0 Å². The summed E-state index contributed by atoms with van der Waals surface area (Å²) in [5.41, 5.74) is 8.59. The maximum Gasteiger partial charge on any atom is 0.164 e. The Morgan fingerprint density at radius 1 is 0.490 bits per heavy atom. The average molecular weight is 690 g/mol. The third kappa shape index (κ3) is 5.67. The zero-order valence-electron chi connectivity index (χ0n) is 27.9. The van der Waals surface area contributed by atoms with Gasteiger partial charge in [-0.1, -0.05) is 134 Å². The molecule has 3 heterocycles. The largest absolute Gasteiger partial charge is 0.208 e. The molecule has 3 nitrogen and oxygen atoms in total. The van der Waals surface area contributed by atoms with E-state index in [9.17, 15) is 0 Å². The van der Waals surface area contributed by atoms with Crippen molar-refractivity contribution in [3.05, 3.63) is 163 Å². The third-order valence-electron chi connectivity index (χ3n) is 9.26. The summed E-state index contributed by atoms with van der Waals surface area (Å²) in [6.45, 7) is 6.23. The summed E-state index contributed by atoms with van der Waals surface area (Å²) >= 11 is 3.56. The number of benzene rings is 6. The minimum absolute atomic E-state index is 0.634. The van der Waals surface area contributed by atoms with Gasteiger partial charge < -0.3 is 0 Å². The molecule has 9 rings (SSSR count). The second kappa shape index (κ2) is 13.0. The van der Waals surface area contributed by atoms with Gasteiger partial charge in [0, 0.05) is 57.4 Å². The topological polar surface area (TPSA) is 38.7 Å². The molecule has 0 amide bonds. The van der Waals surface area contributed by atoms with Crippen molar-refractivity contribution in [2.75, 3.05) is 0 Å². The first-order chi connectivity index (χ1) is 25.2. The zero-order chi connectivity index (χ0) is 34.3. The van der Waals surface area contributed by atoms with Crippen LogP contribution in [0.2, 0.25) is 0 Å². The second-order valence-corrected chi connectivity index (χ2v) is 14.6. The first-order valence-corrected chi connectivity index (χ1v) is 18.6. The summed E-state index contributed by atoms with van der Waals surface area (Å²) in [5, 5.41) is 3.63. The second-order valence-electron chi connectivity index (χ2n) is 12.4. The SMILES string of the molecule is C=Cc1c(/C=C\C)sc2cccc(-c3nc(-c4cccc(-c5ccc(-c6ccccc6)cc5)c4)nc(-c4ccc5c(c4)sc4ccccc45)n3)c12.